The Bertz CT molecular complexity index is 496. The fourth-order valence-electron chi connectivity index (χ4n) is 2.32. The number of unbranched alkanes of at least 4 members (excludes halogenated alkanes) is 1. The van der Waals surface area contributed by atoms with Gasteiger partial charge in [-0.2, -0.15) is 0 Å². The number of nitrogens with one attached hydrogen (secondary N) is 2. The smallest absolute Gasteiger partial charge is 0.313 e. The molecule has 4 nitrogen and oxygen atoms in total. The van der Waals surface area contributed by atoms with Gasteiger partial charge in [0.15, 0.2) is 0 Å². The van der Waals surface area contributed by atoms with Crippen LogP contribution in [0.2, 0.25) is 0 Å². The summed E-state index contributed by atoms with van der Waals surface area (Å²) in [5, 5.41) is 5.47. The summed E-state index contributed by atoms with van der Waals surface area (Å²) in [4.78, 5) is 24.0. The maximum atomic E-state index is 12.1. The Labute approximate surface area is 133 Å². The lowest BCUT2D eigenvalue weighted by molar-refractivity contribution is -0.136. The molecule has 4 heteroatoms. The van der Waals surface area contributed by atoms with Crippen molar-refractivity contribution in [1.82, 2.24) is 5.32 Å². The van der Waals surface area contributed by atoms with Crippen molar-refractivity contribution in [2.24, 2.45) is 0 Å². The molecular formula is C18H28N2O2. The average Bonchev–Trinajstić information content (AvgIpc) is 2.46. The number of hydrogen-bond donors (Lipinski definition) is 2. The van der Waals surface area contributed by atoms with Crippen molar-refractivity contribution in [3.63, 3.8) is 0 Å². The zero-order chi connectivity index (χ0) is 16.7. The summed E-state index contributed by atoms with van der Waals surface area (Å²) in [5.74, 6) is -0.609. The Morgan fingerprint density at radius 2 is 1.55 bits per heavy atom. The van der Waals surface area contributed by atoms with E-state index in [1.165, 1.54) is 0 Å². The summed E-state index contributed by atoms with van der Waals surface area (Å²) in [6.07, 6.45) is 1.86. The first-order valence-electron chi connectivity index (χ1n) is 8.10. The highest BCUT2D eigenvalue weighted by Gasteiger charge is 2.19. The molecule has 0 unspecified atom stereocenters. The van der Waals surface area contributed by atoms with Crippen LogP contribution in [-0.2, 0) is 9.59 Å². The molecule has 0 aliphatic heterocycles. The number of anilines is 1. The van der Waals surface area contributed by atoms with Crippen LogP contribution in [0, 0.1) is 0 Å². The average molecular weight is 304 g/mol. The van der Waals surface area contributed by atoms with Crippen LogP contribution in [-0.4, -0.2) is 18.4 Å². The quantitative estimate of drug-likeness (QED) is 0.620. The highest BCUT2D eigenvalue weighted by molar-refractivity contribution is 6.39. The van der Waals surface area contributed by atoms with E-state index in [-0.39, 0.29) is 11.8 Å². The monoisotopic (exact) mass is 304 g/mol. The highest BCUT2D eigenvalue weighted by Crippen LogP contribution is 2.32. The first-order valence-corrected chi connectivity index (χ1v) is 8.10. The molecule has 0 fully saturated rings. The molecule has 2 amide bonds. The van der Waals surface area contributed by atoms with Gasteiger partial charge in [0.25, 0.3) is 0 Å². The van der Waals surface area contributed by atoms with Crippen LogP contribution in [0.4, 0.5) is 5.69 Å². The summed E-state index contributed by atoms with van der Waals surface area (Å²) < 4.78 is 0. The number of amides is 2. The Balaban J connectivity index is 2.95. The van der Waals surface area contributed by atoms with Crippen molar-refractivity contribution in [2.45, 2.75) is 59.3 Å². The van der Waals surface area contributed by atoms with E-state index in [0.29, 0.717) is 6.54 Å². The molecule has 0 atom stereocenters. The Kier molecular flexibility index (Phi) is 7.09. The predicted octanol–water partition coefficient (Wildman–Crippen LogP) is 3.79. The van der Waals surface area contributed by atoms with Crippen LogP contribution in [0.3, 0.4) is 0 Å². The van der Waals surface area contributed by atoms with Crippen LogP contribution in [0.1, 0.15) is 70.4 Å². The molecule has 122 valence electrons. The molecule has 0 aliphatic carbocycles. The van der Waals surface area contributed by atoms with E-state index >= 15 is 0 Å². The first kappa shape index (κ1) is 18.2. The molecule has 0 saturated heterocycles. The molecule has 22 heavy (non-hydrogen) atoms. The highest BCUT2D eigenvalue weighted by atomic mass is 16.2. The normalized spacial score (nSPS) is 10.9. The standard InChI is InChI=1S/C18H28N2O2/c1-6-7-11-19-17(21)18(22)20-16-14(12(2)3)9-8-10-15(16)13(4)5/h8-10,12-13H,6-7,11H2,1-5H3,(H,19,21)(H,20,22). The van der Waals surface area contributed by atoms with Crippen LogP contribution in [0.25, 0.3) is 0 Å². The van der Waals surface area contributed by atoms with Crippen molar-refractivity contribution in [3.05, 3.63) is 29.3 Å². The summed E-state index contributed by atoms with van der Waals surface area (Å²) in [6.45, 7) is 10.9. The van der Waals surface area contributed by atoms with Gasteiger partial charge in [0.1, 0.15) is 0 Å². The number of carbonyl (C=O) groups is 2. The molecule has 0 saturated carbocycles. The van der Waals surface area contributed by atoms with Gasteiger partial charge in [-0.25, -0.2) is 0 Å². The maximum absolute atomic E-state index is 12.1. The minimum atomic E-state index is -0.592. The summed E-state index contributed by atoms with van der Waals surface area (Å²) >= 11 is 0. The Morgan fingerprint density at radius 3 is 2.00 bits per heavy atom. The van der Waals surface area contributed by atoms with E-state index in [9.17, 15) is 9.59 Å². The molecule has 0 aromatic heterocycles. The van der Waals surface area contributed by atoms with Gasteiger partial charge in [-0.3, -0.25) is 9.59 Å². The van der Waals surface area contributed by atoms with Crippen molar-refractivity contribution in [3.8, 4) is 0 Å². The number of carbonyl (C=O) groups excluding carboxylic acids is 2. The van der Waals surface area contributed by atoms with Gasteiger partial charge in [-0.05, 0) is 29.4 Å². The number of benzene rings is 1. The van der Waals surface area contributed by atoms with E-state index in [4.69, 9.17) is 0 Å². The van der Waals surface area contributed by atoms with Crippen LogP contribution in [0.5, 0.6) is 0 Å². The topological polar surface area (TPSA) is 58.2 Å². The third kappa shape index (κ3) is 4.86. The van der Waals surface area contributed by atoms with Crippen LogP contribution < -0.4 is 10.6 Å². The number of para-hydroxylation sites is 1. The molecule has 1 aromatic rings. The lowest BCUT2D eigenvalue weighted by Gasteiger charge is -2.20. The minimum Gasteiger partial charge on any atom is -0.348 e. The summed E-state index contributed by atoms with van der Waals surface area (Å²) in [5.41, 5.74) is 2.89. The zero-order valence-corrected chi connectivity index (χ0v) is 14.3. The van der Waals surface area contributed by atoms with Gasteiger partial charge >= 0.3 is 11.8 Å². The number of rotatable bonds is 6. The van der Waals surface area contributed by atoms with E-state index in [1.807, 2.05) is 25.1 Å². The third-order valence-corrected chi connectivity index (χ3v) is 3.63. The lowest BCUT2D eigenvalue weighted by atomic mass is 9.92. The van der Waals surface area contributed by atoms with Gasteiger partial charge in [-0.15, -0.1) is 0 Å². The van der Waals surface area contributed by atoms with Gasteiger partial charge in [0, 0.05) is 12.2 Å². The molecule has 0 spiro atoms. The van der Waals surface area contributed by atoms with E-state index in [1.54, 1.807) is 0 Å². The molecular weight excluding hydrogens is 276 g/mol. The van der Waals surface area contributed by atoms with E-state index in [2.05, 4.69) is 38.3 Å². The molecule has 1 aromatic carbocycles. The minimum absolute atomic E-state index is 0.275. The van der Waals surface area contributed by atoms with Crippen molar-refractivity contribution in [1.29, 1.82) is 0 Å². The van der Waals surface area contributed by atoms with Crippen LogP contribution >= 0.6 is 0 Å². The van der Waals surface area contributed by atoms with Gasteiger partial charge < -0.3 is 10.6 Å². The van der Waals surface area contributed by atoms with Crippen molar-refractivity contribution < 1.29 is 9.59 Å². The summed E-state index contributed by atoms with van der Waals surface area (Å²) in [7, 11) is 0. The van der Waals surface area contributed by atoms with Crippen LogP contribution in [0.15, 0.2) is 18.2 Å². The third-order valence-electron chi connectivity index (χ3n) is 3.63. The van der Waals surface area contributed by atoms with Crippen molar-refractivity contribution >= 4 is 17.5 Å². The lowest BCUT2D eigenvalue weighted by Crippen LogP contribution is -2.36. The van der Waals surface area contributed by atoms with E-state index in [0.717, 1.165) is 29.7 Å². The summed E-state index contributed by atoms with van der Waals surface area (Å²) in [6, 6.07) is 6.00. The molecule has 2 N–H and O–H groups in total. The van der Waals surface area contributed by atoms with Crippen molar-refractivity contribution in [2.75, 3.05) is 11.9 Å². The zero-order valence-electron chi connectivity index (χ0n) is 14.3. The second-order valence-electron chi connectivity index (χ2n) is 6.18. The Hall–Kier alpha value is -1.84. The second kappa shape index (κ2) is 8.57. The fourth-order valence-corrected chi connectivity index (χ4v) is 2.32. The second-order valence-corrected chi connectivity index (χ2v) is 6.18. The Morgan fingerprint density at radius 1 is 1.00 bits per heavy atom. The SMILES string of the molecule is CCCCNC(=O)C(=O)Nc1c(C(C)C)cccc1C(C)C. The molecule has 0 radical (unpaired) electrons. The first-order chi connectivity index (χ1) is 10.4. The molecule has 1 rings (SSSR count). The predicted molar refractivity (Wildman–Crippen MR) is 91.2 cm³/mol. The maximum Gasteiger partial charge on any atom is 0.313 e. The van der Waals surface area contributed by atoms with Gasteiger partial charge in [0.2, 0.25) is 0 Å². The largest absolute Gasteiger partial charge is 0.348 e. The van der Waals surface area contributed by atoms with E-state index < -0.39 is 11.8 Å². The molecule has 0 aliphatic rings. The fraction of sp³-hybridized carbons (Fsp3) is 0.556. The molecule has 0 heterocycles. The van der Waals surface area contributed by atoms with Gasteiger partial charge in [0.05, 0.1) is 0 Å². The van der Waals surface area contributed by atoms with Gasteiger partial charge in [-0.1, -0.05) is 59.2 Å². The number of hydrogen-bond acceptors (Lipinski definition) is 2. The molecule has 0 bridgehead atoms.